The summed E-state index contributed by atoms with van der Waals surface area (Å²) in [7, 11) is 0. The first kappa shape index (κ1) is 20.7. The SMILES string of the molecule is O=C(O)CCC(NC(=O)NCC(C(=O)O)c1cccc(I)c1)C(=O)O. The van der Waals surface area contributed by atoms with Crippen molar-refractivity contribution in [2.75, 3.05) is 6.54 Å². The minimum Gasteiger partial charge on any atom is -0.481 e. The Bertz CT molecular complexity index is 665. The van der Waals surface area contributed by atoms with Crippen molar-refractivity contribution in [1.82, 2.24) is 10.6 Å². The molecule has 0 aromatic heterocycles. The molecule has 0 radical (unpaired) electrons. The number of benzene rings is 1. The van der Waals surface area contributed by atoms with Crippen molar-refractivity contribution in [2.45, 2.75) is 24.8 Å². The van der Waals surface area contributed by atoms with E-state index in [2.05, 4.69) is 10.6 Å². The van der Waals surface area contributed by atoms with E-state index in [1.807, 2.05) is 22.6 Å². The van der Waals surface area contributed by atoms with Gasteiger partial charge >= 0.3 is 23.9 Å². The van der Waals surface area contributed by atoms with Crippen LogP contribution in [0.1, 0.15) is 24.3 Å². The molecule has 2 unspecified atom stereocenters. The van der Waals surface area contributed by atoms with Crippen LogP contribution in [0, 0.1) is 3.57 Å². The molecule has 25 heavy (non-hydrogen) atoms. The third-order valence-corrected chi connectivity index (χ3v) is 3.94. The van der Waals surface area contributed by atoms with E-state index in [1.165, 1.54) is 0 Å². The molecule has 0 aliphatic heterocycles. The highest BCUT2D eigenvalue weighted by Gasteiger charge is 2.24. The second kappa shape index (κ2) is 9.81. The number of aliphatic carboxylic acids is 3. The summed E-state index contributed by atoms with van der Waals surface area (Å²) in [6.07, 6.45) is -0.700. The van der Waals surface area contributed by atoms with Crippen molar-refractivity contribution in [3.05, 3.63) is 33.4 Å². The van der Waals surface area contributed by atoms with Crippen LogP contribution in [-0.2, 0) is 14.4 Å². The molecule has 0 bridgehead atoms. The molecule has 2 atom stereocenters. The highest BCUT2D eigenvalue weighted by atomic mass is 127. The molecule has 2 amide bonds. The van der Waals surface area contributed by atoms with Crippen molar-refractivity contribution in [3.63, 3.8) is 0 Å². The fourth-order valence-electron chi connectivity index (χ4n) is 2.00. The van der Waals surface area contributed by atoms with E-state index in [4.69, 9.17) is 10.2 Å². The lowest BCUT2D eigenvalue weighted by molar-refractivity contribution is -0.141. The van der Waals surface area contributed by atoms with Crippen LogP contribution in [0.15, 0.2) is 24.3 Å². The predicted molar refractivity (Wildman–Crippen MR) is 94.4 cm³/mol. The lowest BCUT2D eigenvalue weighted by Crippen LogP contribution is -2.47. The Balaban J connectivity index is 2.66. The Labute approximate surface area is 156 Å². The van der Waals surface area contributed by atoms with Crippen molar-refractivity contribution >= 4 is 46.5 Å². The first-order chi connectivity index (χ1) is 11.7. The van der Waals surface area contributed by atoms with Crippen LogP contribution < -0.4 is 10.6 Å². The first-order valence-corrected chi connectivity index (χ1v) is 8.25. The van der Waals surface area contributed by atoms with Crippen molar-refractivity contribution < 1.29 is 34.5 Å². The van der Waals surface area contributed by atoms with E-state index in [0.29, 0.717) is 5.56 Å². The summed E-state index contributed by atoms with van der Waals surface area (Å²) in [6.45, 7) is -0.244. The monoisotopic (exact) mass is 464 g/mol. The summed E-state index contributed by atoms with van der Waals surface area (Å²) in [5, 5.41) is 31.3. The average Bonchev–Trinajstić information content (AvgIpc) is 2.50. The standard InChI is InChI=1S/C15H17IN2O7/c16-9-3-1-2-8(6-9)10(13(21)22)7-17-15(25)18-11(14(23)24)4-5-12(19)20/h1-3,6,10-11H,4-5,7H2,(H,19,20)(H,21,22)(H,23,24)(H2,17,18,25). The molecule has 0 fully saturated rings. The quantitative estimate of drug-likeness (QED) is 0.343. The van der Waals surface area contributed by atoms with Crippen molar-refractivity contribution in [2.24, 2.45) is 0 Å². The highest BCUT2D eigenvalue weighted by molar-refractivity contribution is 14.1. The van der Waals surface area contributed by atoms with E-state index in [-0.39, 0.29) is 13.0 Å². The fraction of sp³-hybridized carbons (Fsp3) is 0.333. The van der Waals surface area contributed by atoms with Gasteiger partial charge in [-0.15, -0.1) is 0 Å². The Morgan fingerprint density at radius 1 is 1.08 bits per heavy atom. The zero-order chi connectivity index (χ0) is 19.0. The average molecular weight is 464 g/mol. The molecule has 136 valence electrons. The zero-order valence-electron chi connectivity index (χ0n) is 12.9. The van der Waals surface area contributed by atoms with Gasteiger partial charge in [0.15, 0.2) is 0 Å². The van der Waals surface area contributed by atoms with Crippen molar-refractivity contribution in [1.29, 1.82) is 0 Å². The zero-order valence-corrected chi connectivity index (χ0v) is 15.1. The van der Waals surface area contributed by atoms with Crippen molar-refractivity contribution in [3.8, 4) is 0 Å². The number of carbonyl (C=O) groups is 4. The van der Waals surface area contributed by atoms with Gasteiger partial charge in [-0.2, -0.15) is 0 Å². The normalized spacial score (nSPS) is 12.7. The molecule has 5 N–H and O–H groups in total. The lowest BCUT2D eigenvalue weighted by Gasteiger charge is -2.17. The summed E-state index contributed by atoms with van der Waals surface area (Å²) in [5.41, 5.74) is 0.500. The number of hydrogen-bond donors (Lipinski definition) is 5. The highest BCUT2D eigenvalue weighted by Crippen LogP contribution is 2.18. The minimum absolute atomic E-state index is 0.244. The van der Waals surface area contributed by atoms with Crippen LogP contribution in [0.4, 0.5) is 4.79 Å². The molecule has 0 aliphatic carbocycles. The molecule has 9 nitrogen and oxygen atoms in total. The van der Waals surface area contributed by atoms with Gasteiger partial charge in [0.25, 0.3) is 0 Å². The van der Waals surface area contributed by atoms with Crippen LogP contribution in [0.25, 0.3) is 0 Å². The van der Waals surface area contributed by atoms with Crippen LogP contribution in [0.2, 0.25) is 0 Å². The maximum atomic E-state index is 11.8. The second-order valence-corrected chi connectivity index (χ2v) is 6.37. The Kier molecular flexibility index (Phi) is 8.11. The molecule has 1 aromatic carbocycles. The number of rotatable bonds is 9. The largest absolute Gasteiger partial charge is 0.481 e. The van der Waals surface area contributed by atoms with E-state index < -0.39 is 42.3 Å². The van der Waals surface area contributed by atoms with Gasteiger partial charge < -0.3 is 26.0 Å². The fourth-order valence-corrected chi connectivity index (χ4v) is 2.57. The topological polar surface area (TPSA) is 153 Å². The molecule has 0 saturated heterocycles. The van der Waals surface area contributed by atoms with E-state index in [0.717, 1.165) is 3.57 Å². The van der Waals surface area contributed by atoms with Crippen LogP contribution >= 0.6 is 22.6 Å². The number of carboxylic acid groups (broad SMARTS) is 3. The molecule has 10 heteroatoms. The maximum Gasteiger partial charge on any atom is 0.326 e. The summed E-state index contributed by atoms with van der Waals surface area (Å²) >= 11 is 2.04. The Morgan fingerprint density at radius 2 is 1.76 bits per heavy atom. The molecule has 0 saturated carbocycles. The van der Waals surface area contributed by atoms with Crippen LogP contribution in [-0.4, -0.2) is 51.8 Å². The van der Waals surface area contributed by atoms with Crippen LogP contribution in [0.3, 0.4) is 0 Å². The first-order valence-electron chi connectivity index (χ1n) is 7.18. The van der Waals surface area contributed by atoms with Crippen LogP contribution in [0.5, 0.6) is 0 Å². The van der Waals surface area contributed by atoms with Gasteiger partial charge in [-0.1, -0.05) is 12.1 Å². The van der Waals surface area contributed by atoms with Gasteiger partial charge in [-0.3, -0.25) is 9.59 Å². The number of halogens is 1. The Morgan fingerprint density at radius 3 is 2.28 bits per heavy atom. The molecular weight excluding hydrogens is 447 g/mol. The smallest absolute Gasteiger partial charge is 0.326 e. The number of urea groups is 1. The van der Waals surface area contributed by atoms with Gasteiger partial charge in [0.1, 0.15) is 6.04 Å². The molecular formula is C15H17IN2O7. The summed E-state index contributed by atoms with van der Waals surface area (Å²) in [5.74, 6) is -4.69. The number of hydrogen-bond acceptors (Lipinski definition) is 4. The van der Waals surface area contributed by atoms with Gasteiger partial charge in [0, 0.05) is 16.5 Å². The lowest BCUT2D eigenvalue weighted by atomic mass is 9.99. The van der Waals surface area contributed by atoms with Gasteiger partial charge in [0.2, 0.25) is 0 Å². The maximum absolute atomic E-state index is 11.8. The summed E-state index contributed by atoms with van der Waals surface area (Å²) < 4.78 is 0.838. The third kappa shape index (κ3) is 7.37. The number of amides is 2. The predicted octanol–water partition coefficient (Wildman–Crippen LogP) is 1.08. The number of carbonyl (C=O) groups excluding carboxylic acids is 1. The molecule has 1 aromatic rings. The number of carboxylic acids is 3. The molecule has 0 aliphatic rings. The molecule has 0 spiro atoms. The van der Waals surface area contributed by atoms with Gasteiger partial charge in [-0.25, -0.2) is 9.59 Å². The molecule has 1 rings (SSSR count). The van der Waals surface area contributed by atoms with E-state index in [9.17, 15) is 24.3 Å². The summed E-state index contributed by atoms with van der Waals surface area (Å²) in [4.78, 5) is 44.7. The van der Waals surface area contributed by atoms with E-state index in [1.54, 1.807) is 24.3 Å². The molecule has 0 heterocycles. The summed E-state index contributed by atoms with van der Waals surface area (Å²) in [6, 6.07) is 4.52. The third-order valence-electron chi connectivity index (χ3n) is 3.27. The second-order valence-electron chi connectivity index (χ2n) is 5.12. The van der Waals surface area contributed by atoms with Gasteiger partial charge in [-0.05, 0) is 46.7 Å². The van der Waals surface area contributed by atoms with E-state index >= 15 is 0 Å². The number of nitrogens with one attached hydrogen (secondary N) is 2. The minimum atomic E-state index is -1.38. The Hall–Kier alpha value is -2.37. The van der Waals surface area contributed by atoms with Gasteiger partial charge in [0.05, 0.1) is 5.92 Å².